The monoisotopic (exact) mass is 412 g/mol. The highest BCUT2D eigenvalue weighted by Crippen LogP contribution is 2.17. The van der Waals surface area contributed by atoms with Gasteiger partial charge in [-0.15, -0.1) is 0 Å². The number of quaternary nitrogens is 1. The zero-order chi connectivity index (χ0) is 21.5. The topological polar surface area (TPSA) is 89.4 Å². The number of rotatable bonds is 6. The molecule has 0 unspecified atom stereocenters. The van der Waals surface area contributed by atoms with Crippen molar-refractivity contribution in [2.24, 2.45) is 0 Å². The molecule has 0 saturated carbocycles. The maximum absolute atomic E-state index is 12.6. The molecule has 1 saturated heterocycles. The number of esters is 2. The molecule has 1 aliphatic rings. The molecule has 2 aromatic rings. The number of nitrogens with one attached hydrogen (secondary N) is 2. The Bertz CT molecular complexity index is 874. The fourth-order valence-corrected chi connectivity index (χ4v) is 3.50. The lowest BCUT2D eigenvalue weighted by Gasteiger charge is -2.33. The first kappa shape index (κ1) is 21.3. The van der Waals surface area contributed by atoms with Gasteiger partial charge in [-0.2, -0.15) is 0 Å². The minimum atomic E-state index is -0.598. The Labute approximate surface area is 175 Å². The van der Waals surface area contributed by atoms with E-state index in [4.69, 9.17) is 9.47 Å². The van der Waals surface area contributed by atoms with Crippen LogP contribution in [0.1, 0.15) is 20.7 Å². The Hall–Kier alpha value is -3.39. The lowest BCUT2D eigenvalue weighted by atomic mass is 10.1. The molecule has 158 valence electrons. The number of hydrogen-bond donors (Lipinski definition) is 2. The molecule has 0 aliphatic carbocycles. The van der Waals surface area contributed by atoms with E-state index in [1.165, 1.54) is 43.0 Å². The molecule has 0 radical (unpaired) electrons. The van der Waals surface area contributed by atoms with Gasteiger partial charge in [0, 0.05) is 11.4 Å². The smallest absolute Gasteiger partial charge is 0.337 e. The molecule has 2 N–H and O–H groups in total. The van der Waals surface area contributed by atoms with Crippen LogP contribution in [0.4, 0.5) is 11.4 Å². The minimum absolute atomic E-state index is 0.166. The summed E-state index contributed by atoms with van der Waals surface area (Å²) in [6.07, 6.45) is 0. The average Bonchev–Trinajstić information content (AvgIpc) is 2.78. The highest BCUT2D eigenvalue weighted by molar-refractivity contribution is 5.99. The molecular formula is C22H26N3O5+. The van der Waals surface area contributed by atoms with Gasteiger partial charge in [-0.1, -0.05) is 18.2 Å². The second kappa shape index (κ2) is 9.89. The molecule has 2 aromatic carbocycles. The largest absolute Gasteiger partial charge is 0.465 e. The van der Waals surface area contributed by atoms with E-state index in [2.05, 4.69) is 22.3 Å². The van der Waals surface area contributed by atoms with Crippen LogP contribution in [0.2, 0.25) is 0 Å². The van der Waals surface area contributed by atoms with Crippen LogP contribution >= 0.6 is 0 Å². The molecule has 0 bridgehead atoms. The summed E-state index contributed by atoms with van der Waals surface area (Å²) in [7, 11) is 2.51. The molecule has 1 amide bonds. The van der Waals surface area contributed by atoms with Gasteiger partial charge >= 0.3 is 11.9 Å². The van der Waals surface area contributed by atoms with Crippen molar-refractivity contribution in [2.75, 3.05) is 57.2 Å². The van der Waals surface area contributed by atoms with Crippen LogP contribution in [0.3, 0.4) is 0 Å². The van der Waals surface area contributed by atoms with E-state index in [-0.39, 0.29) is 17.0 Å². The van der Waals surface area contributed by atoms with E-state index in [1.807, 2.05) is 18.2 Å². The van der Waals surface area contributed by atoms with Crippen LogP contribution < -0.4 is 15.1 Å². The van der Waals surface area contributed by atoms with Crippen molar-refractivity contribution in [3.05, 3.63) is 59.7 Å². The van der Waals surface area contributed by atoms with Crippen molar-refractivity contribution in [1.82, 2.24) is 0 Å². The van der Waals surface area contributed by atoms with Gasteiger partial charge in [0.2, 0.25) is 0 Å². The minimum Gasteiger partial charge on any atom is -0.465 e. The molecule has 30 heavy (non-hydrogen) atoms. The van der Waals surface area contributed by atoms with Crippen molar-refractivity contribution >= 4 is 29.2 Å². The lowest BCUT2D eigenvalue weighted by molar-refractivity contribution is -0.892. The number of para-hydroxylation sites is 1. The highest BCUT2D eigenvalue weighted by atomic mass is 16.5. The Kier molecular flexibility index (Phi) is 7.03. The Morgan fingerprint density at radius 1 is 0.933 bits per heavy atom. The van der Waals surface area contributed by atoms with Crippen molar-refractivity contribution in [1.29, 1.82) is 0 Å². The molecule has 8 heteroatoms. The average molecular weight is 412 g/mol. The van der Waals surface area contributed by atoms with E-state index >= 15 is 0 Å². The van der Waals surface area contributed by atoms with E-state index in [1.54, 1.807) is 0 Å². The van der Waals surface area contributed by atoms with Gasteiger partial charge in [-0.3, -0.25) is 4.79 Å². The normalized spacial score (nSPS) is 14.1. The number of carbonyl (C=O) groups is 3. The first-order valence-electron chi connectivity index (χ1n) is 9.75. The number of piperazine rings is 1. The molecule has 1 fully saturated rings. The van der Waals surface area contributed by atoms with Crippen LogP contribution in [0.15, 0.2) is 48.5 Å². The van der Waals surface area contributed by atoms with Gasteiger partial charge < -0.3 is 24.6 Å². The number of methoxy groups -OCH3 is 2. The first-order chi connectivity index (χ1) is 14.5. The lowest BCUT2D eigenvalue weighted by Crippen LogP contribution is -3.15. The predicted molar refractivity (Wildman–Crippen MR) is 112 cm³/mol. The third-order valence-electron chi connectivity index (χ3n) is 5.06. The molecule has 3 rings (SSSR count). The molecule has 0 aromatic heterocycles. The summed E-state index contributed by atoms with van der Waals surface area (Å²) in [6, 6.07) is 14.6. The van der Waals surface area contributed by atoms with Gasteiger partial charge in [0.1, 0.15) is 0 Å². The SMILES string of the molecule is COC(=O)c1cc(NC(=O)C[NH+]2CCN(c3ccccc3)CC2)cc(C(=O)OC)c1. The van der Waals surface area contributed by atoms with Crippen molar-refractivity contribution in [2.45, 2.75) is 0 Å². The van der Waals surface area contributed by atoms with Gasteiger partial charge in [-0.25, -0.2) is 9.59 Å². The highest BCUT2D eigenvalue weighted by Gasteiger charge is 2.23. The summed E-state index contributed by atoms with van der Waals surface area (Å²) in [5.74, 6) is -1.38. The van der Waals surface area contributed by atoms with E-state index in [9.17, 15) is 14.4 Å². The predicted octanol–water partition coefficient (Wildman–Crippen LogP) is 0.603. The maximum atomic E-state index is 12.6. The summed E-state index contributed by atoms with van der Waals surface area (Å²) < 4.78 is 9.44. The Morgan fingerprint density at radius 2 is 1.50 bits per heavy atom. The Balaban J connectivity index is 1.60. The van der Waals surface area contributed by atoms with Crippen LogP contribution in [0, 0.1) is 0 Å². The summed E-state index contributed by atoms with van der Waals surface area (Å²) in [6.45, 7) is 3.74. The second-order valence-electron chi connectivity index (χ2n) is 7.08. The molecular weight excluding hydrogens is 386 g/mol. The molecule has 1 heterocycles. The number of anilines is 2. The number of benzene rings is 2. The molecule has 0 spiro atoms. The van der Waals surface area contributed by atoms with Crippen LogP contribution in [0.5, 0.6) is 0 Å². The molecule has 1 aliphatic heterocycles. The molecule has 0 atom stereocenters. The van der Waals surface area contributed by atoms with Crippen LogP contribution in [-0.4, -0.2) is 64.8 Å². The van der Waals surface area contributed by atoms with Crippen molar-refractivity contribution < 1.29 is 28.8 Å². The van der Waals surface area contributed by atoms with Gasteiger partial charge in [-0.05, 0) is 30.3 Å². The maximum Gasteiger partial charge on any atom is 0.337 e. The van der Waals surface area contributed by atoms with E-state index < -0.39 is 11.9 Å². The van der Waals surface area contributed by atoms with Crippen LogP contribution in [-0.2, 0) is 14.3 Å². The van der Waals surface area contributed by atoms with Crippen molar-refractivity contribution in [3.63, 3.8) is 0 Å². The van der Waals surface area contributed by atoms with Gasteiger partial charge in [0.25, 0.3) is 5.91 Å². The van der Waals surface area contributed by atoms with E-state index in [0.29, 0.717) is 12.2 Å². The van der Waals surface area contributed by atoms with E-state index in [0.717, 1.165) is 26.2 Å². The first-order valence-corrected chi connectivity index (χ1v) is 9.75. The van der Waals surface area contributed by atoms with Crippen LogP contribution in [0.25, 0.3) is 0 Å². The number of ether oxygens (including phenoxy) is 2. The number of carbonyl (C=O) groups excluding carboxylic acids is 3. The van der Waals surface area contributed by atoms with Gasteiger partial charge in [0.05, 0.1) is 51.5 Å². The quantitative estimate of drug-likeness (QED) is 0.676. The third-order valence-corrected chi connectivity index (χ3v) is 5.06. The fraction of sp³-hybridized carbons (Fsp3) is 0.318. The summed E-state index contributed by atoms with van der Waals surface area (Å²) in [5.41, 5.74) is 1.88. The zero-order valence-corrected chi connectivity index (χ0v) is 17.1. The van der Waals surface area contributed by atoms with Crippen molar-refractivity contribution in [3.8, 4) is 0 Å². The third kappa shape index (κ3) is 5.36. The summed E-state index contributed by atoms with van der Waals surface area (Å²) >= 11 is 0. The molecule has 8 nitrogen and oxygen atoms in total. The fourth-order valence-electron chi connectivity index (χ4n) is 3.50. The van der Waals surface area contributed by atoms with Gasteiger partial charge in [0.15, 0.2) is 6.54 Å². The zero-order valence-electron chi connectivity index (χ0n) is 17.1. The Morgan fingerprint density at radius 3 is 2.03 bits per heavy atom. The summed E-state index contributed by atoms with van der Waals surface area (Å²) in [5, 5.41) is 2.78. The second-order valence-corrected chi connectivity index (χ2v) is 7.08. The standard InChI is InChI=1S/C22H25N3O5/c1-29-21(27)16-12-17(22(28)30-2)14-18(13-16)23-20(26)15-24-8-10-25(11-9-24)19-6-4-3-5-7-19/h3-7,12-14H,8-11,15H2,1-2H3,(H,23,26)/p+1. The number of nitrogens with zero attached hydrogens (tertiary/aromatic N) is 1. The number of amides is 1. The number of hydrogen-bond acceptors (Lipinski definition) is 6. The summed E-state index contributed by atoms with van der Waals surface area (Å²) in [4.78, 5) is 39.8.